The van der Waals surface area contributed by atoms with Crippen molar-refractivity contribution >= 4 is 65.6 Å². The molecule has 11 aromatic rings. The molecule has 0 aliphatic heterocycles. The van der Waals surface area contributed by atoms with E-state index in [1.54, 1.807) is 42.5 Å². The highest BCUT2D eigenvalue weighted by Gasteiger charge is 2.22. The minimum Gasteiger partial charge on any atom is -0.456 e. The second-order valence-corrected chi connectivity index (χ2v) is 11.4. The number of hydrogen-bond donors (Lipinski definition) is 0. The topological polar surface area (TPSA) is 61.7 Å². The van der Waals surface area contributed by atoms with Gasteiger partial charge in [0.15, 0.2) is 5.82 Å². The van der Waals surface area contributed by atoms with E-state index in [0.717, 1.165) is 9.13 Å². The fraction of sp³-hybridized carbons (Fsp3) is 0. The summed E-state index contributed by atoms with van der Waals surface area (Å²) in [5.41, 5.74) is -1.99. The summed E-state index contributed by atoms with van der Waals surface area (Å²) in [6.07, 6.45) is 0. The van der Waals surface area contributed by atoms with Crippen LogP contribution >= 0.6 is 0 Å². The van der Waals surface area contributed by atoms with Crippen LogP contribution in [0.15, 0.2) is 168 Å². The molecule has 0 saturated carbocycles. The summed E-state index contributed by atoms with van der Waals surface area (Å²) < 4.78 is 186. The molecular formula is C45H27N5O. The molecule has 0 aliphatic carbocycles. The molecule has 238 valence electrons. The van der Waals surface area contributed by atoms with Gasteiger partial charge in [-0.2, -0.15) is 15.0 Å². The first-order valence-electron chi connectivity index (χ1n) is 25.4. The number of aromatic nitrogens is 5. The van der Waals surface area contributed by atoms with Crippen molar-refractivity contribution in [2.45, 2.75) is 0 Å². The predicted molar refractivity (Wildman–Crippen MR) is 207 cm³/mol. The van der Waals surface area contributed by atoms with E-state index in [0.29, 0.717) is 21.9 Å². The molecule has 0 saturated heterocycles. The van der Waals surface area contributed by atoms with E-state index in [9.17, 15) is 8.22 Å². The van der Waals surface area contributed by atoms with E-state index >= 15 is 0 Å². The van der Waals surface area contributed by atoms with E-state index in [1.165, 1.54) is 0 Å². The fourth-order valence-electron chi connectivity index (χ4n) is 6.47. The fourth-order valence-corrected chi connectivity index (χ4v) is 6.47. The molecule has 0 radical (unpaired) electrons. The molecule has 0 unspecified atom stereocenters. The number of fused-ring (bicyclic) bond motifs is 9. The Hall–Kier alpha value is -7.05. The zero-order chi connectivity index (χ0) is 50.9. The van der Waals surface area contributed by atoms with Gasteiger partial charge in [-0.1, -0.05) is 127 Å². The van der Waals surface area contributed by atoms with Crippen molar-refractivity contribution < 1.29 is 31.8 Å². The summed E-state index contributed by atoms with van der Waals surface area (Å²) in [5.74, 6) is -1.43. The highest BCUT2D eigenvalue weighted by molar-refractivity contribution is 6.13. The number of furan rings is 1. The standard InChI is InChI=1S/C45H27N5O/c1-2-13-28(14-3-1)29-25-26-33-32-17-6-10-22-38(32)50(39(33)27-29)45-47-43(35-19-12-24-41-42(35)34-18-7-11-23-40(34)51-41)46-44(48-45)49-36-20-8-4-15-30(36)31-16-5-9-21-37(31)49/h1-27H/i1D,2D,3D,4D,5D,6D,8D,9D,10D,13D,14D,15D,16D,17D,20D,21D,22D,25D,26D,27D. The molecule has 4 heterocycles. The van der Waals surface area contributed by atoms with Crippen LogP contribution in [0.4, 0.5) is 0 Å². The van der Waals surface area contributed by atoms with Crippen LogP contribution in [0.5, 0.6) is 0 Å². The minimum atomic E-state index is -0.825. The Morgan fingerprint density at radius 2 is 1.02 bits per heavy atom. The van der Waals surface area contributed by atoms with Crippen molar-refractivity contribution in [2.75, 3.05) is 0 Å². The smallest absolute Gasteiger partial charge is 0.240 e. The molecule has 0 aliphatic rings. The number of para-hydroxylation sites is 4. The van der Waals surface area contributed by atoms with E-state index in [1.807, 2.05) is 0 Å². The zero-order valence-corrected chi connectivity index (χ0v) is 25.7. The van der Waals surface area contributed by atoms with Crippen molar-refractivity contribution in [1.82, 2.24) is 24.1 Å². The minimum absolute atomic E-state index is 0.227. The molecule has 7 aromatic carbocycles. The van der Waals surface area contributed by atoms with Crippen LogP contribution in [0.3, 0.4) is 0 Å². The third kappa shape index (κ3) is 4.14. The summed E-state index contributed by atoms with van der Waals surface area (Å²) in [5, 5.41) is -0.436. The average molecular weight is 674 g/mol. The Morgan fingerprint density at radius 3 is 1.71 bits per heavy atom. The van der Waals surface area contributed by atoms with Crippen LogP contribution in [-0.4, -0.2) is 24.1 Å². The lowest BCUT2D eigenvalue weighted by molar-refractivity contribution is 0.669. The van der Waals surface area contributed by atoms with Crippen LogP contribution < -0.4 is 0 Å². The van der Waals surface area contributed by atoms with Crippen LogP contribution in [-0.2, 0) is 0 Å². The van der Waals surface area contributed by atoms with Gasteiger partial charge in [0.05, 0.1) is 49.5 Å². The maximum absolute atomic E-state index is 9.83. The van der Waals surface area contributed by atoms with Gasteiger partial charge < -0.3 is 4.42 Å². The highest BCUT2D eigenvalue weighted by atomic mass is 16.3. The summed E-state index contributed by atoms with van der Waals surface area (Å²) in [7, 11) is 0. The highest BCUT2D eigenvalue weighted by Crippen LogP contribution is 2.39. The van der Waals surface area contributed by atoms with E-state index in [2.05, 4.69) is 0 Å². The third-order valence-electron chi connectivity index (χ3n) is 8.60. The lowest BCUT2D eigenvalue weighted by atomic mass is 10.0. The average Bonchev–Trinajstić information content (AvgIpc) is 4.05. The van der Waals surface area contributed by atoms with Crippen LogP contribution in [0, 0.1) is 0 Å². The lowest BCUT2D eigenvalue weighted by Gasteiger charge is -2.13. The summed E-state index contributed by atoms with van der Waals surface area (Å²) in [6, 6.07) is -3.28. The van der Waals surface area contributed by atoms with Crippen LogP contribution in [0.25, 0.3) is 100.0 Å². The van der Waals surface area contributed by atoms with Gasteiger partial charge in [-0.25, -0.2) is 0 Å². The van der Waals surface area contributed by atoms with E-state index in [-0.39, 0.29) is 22.2 Å². The van der Waals surface area contributed by atoms with Crippen LogP contribution in [0.1, 0.15) is 27.4 Å². The molecule has 0 N–H and O–H groups in total. The van der Waals surface area contributed by atoms with Gasteiger partial charge in [0, 0.05) is 37.9 Å². The van der Waals surface area contributed by atoms with Gasteiger partial charge in [-0.3, -0.25) is 9.13 Å². The second kappa shape index (κ2) is 10.7. The Morgan fingerprint density at radius 1 is 0.451 bits per heavy atom. The molecule has 11 rings (SSSR count). The van der Waals surface area contributed by atoms with Gasteiger partial charge in [0.2, 0.25) is 11.9 Å². The molecule has 4 aromatic heterocycles. The number of hydrogen-bond acceptors (Lipinski definition) is 4. The summed E-state index contributed by atoms with van der Waals surface area (Å²) in [4.78, 5) is 14.5. The molecule has 0 fully saturated rings. The van der Waals surface area contributed by atoms with Crippen molar-refractivity contribution in [1.29, 1.82) is 0 Å². The molecular weight excluding hydrogens is 627 g/mol. The summed E-state index contributed by atoms with van der Waals surface area (Å²) >= 11 is 0. The summed E-state index contributed by atoms with van der Waals surface area (Å²) in [6.45, 7) is 0. The van der Waals surface area contributed by atoms with Crippen molar-refractivity contribution in [3.63, 3.8) is 0 Å². The first-order valence-corrected chi connectivity index (χ1v) is 15.4. The molecule has 0 atom stereocenters. The second-order valence-electron chi connectivity index (χ2n) is 11.4. The van der Waals surface area contributed by atoms with E-state index < -0.39 is 177 Å². The third-order valence-corrected chi connectivity index (χ3v) is 8.60. The normalized spacial score (nSPS) is 17.4. The molecule has 0 spiro atoms. The number of nitrogens with zero attached hydrogens (tertiary/aromatic N) is 5. The van der Waals surface area contributed by atoms with Gasteiger partial charge in [0.25, 0.3) is 0 Å². The quantitative estimate of drug-likeness (QED) is 0.187. The monoisotopic (exact) mass is 673 g/mol. The maximum Gasteiger partial charge on any atom is 0.240 e. The first kappa shape index (κ1) is 14.8. The van der Waals surface area contributed by atoms with E-state index in [4.69, 9.17) is 38.6 Å². The van der Waals surface area contributed by atoms with Gasteiger partial charge in [0.1, 0.15) is 11.2 Å². The molecule has 6 nitrogen and oxygen atoms in total. The lowest BCUT2D eigenvalue weighted by Crippen LogP contribution is -2.10. The van der Waals surface area contributed by atoms with Gasteiger partial charge in [-0.05, 0) is 47.4 Å². The Balaban J connectivity index is 1.41. The molecule has 6 heteroatoms. The maximum atomic E-state index is 9.83. The molecule has 0 amide bonds. The van der Waals surface area contributed by atoms with Crippen LogP contribution in [0.2, 0.25) is 0 Å². The molecule has 51 heavy (non-hydrogen) atoms. The number of rotatable bonds is 4. The SMILES string of the molecule is [2H]c1c([2H])c([2H])c(-c2c([2H])c([2H])c3c4c([2H])c([2H])c([2H])c([2H])c4n(-c4nc(-c5cccc6oc7ccccc7c56)nc(-n5c6c([2H])c([2H])c([2H])c([2H])c6c6c([2H])c([2H])c([2H])c([2H])c65)n4)c3c2[2H])c([2H])c1[2H]. The van der Waals surface area contributed by atoms with Crippen molar-refractivity contribution in [2.24, 2.45) is 0 Å². The van der Waals surface area contributed by atoms with Crippen molar-refractivity contribution in [3.05, 3.63) is 163 Å². The number of benzene rings is 7. The largest absolute Gasteiger partial charge is 0.456 e. The first-order chi connectivity index (χ1) is 33.6. The predicted octanol–water partition coefficient (Wildman–Crippen LogP) is 11.3. The Kier molecular flexibility index (Phi) is 3.12. The molecule has 0 bridgehead atoms. The van der Waals surface area contributed by atoms with Crippen molar-refractivity contribution in [3.8, 4) is 34.4 Å². The van der Waals surface area contributed by atoms with Gasteiger partial charge in [-0.15, -0.1) is 0 Å². The Labute approximate surface area is 319 Å². The Bertz CT molecular complexity index is 4210. The van der Waals surface area contributed by atoms with Gasteiger partial charge >= 0.3 is 0 Å². The zero-order valence-electron chi connectivity index (χ0n) is 45.7.